The quantitative estimate of drug-likeness (QED) is 0.446. The number of hydrogen-bond acceptors (Lipinski definition) is 6. The summed E-state index contributed by atoms with van der Waals surface area (Å²) in [4.78, 5) is 0.966. The molecule has 0 bridgehead atoms. The molecular weight excluding hydrogens is 300 g/mol. The first-order chi connectivity index (χ1) is 9.43. The molecule has 0 fully saturated rings. The van der Waals surface area contributed by atoms with Crippen LogP contribution in [0.3, 0.4) is 0 Å². The molecule has 0 radical (unpaired) electrons. The molecule has 1 rings (SSSR count). The normalized spacial score (nSPS) is 13.3. The molecule has 1 unspecified atom stereocenters. The van der Waals surface area contributed by atoms with Gasteiger partial charge in [-0.25, -0.2) is 13.1 Å². The van der Waals surface area contributed by atoms with Crippen molar-refractivity contribution in [2.75, 3.05) is 37.5 Å². The van der Waals surface area contributed by atoms with Gasteiger partial charge in [0.1, 0.15) is 0 Å². The highest BCUT2D eigenvalue weighted by molar-refractivity contribution is 8.00. The van der Waals surface area contributed by atoms with Crippen LogP contribution in [0.1, 0.15) is 0 Å². The van der Waals surface area contributed by atoms with Gasteiger partial charge in [0, 0.05) is 30.0 Å². The van der Waals surface area contributed by atoms with E-state index < -0.39 is 16.1 Å². The van der Waals surface area contributed by atoms with Gasteiger partial charge in [-0.05, 0) is 24.3 Å². The molecule has 1 atom stereocenters. The van der Waals surface area contributed by atoms with Gasteiger partial charge < -0.3 is 15.6 Å². The van der Waals surface area contributed by atoms with Crippen LogP contribution in [0.25, 0.3) is 0 Å². The Hall–Kier alpha value is -0.800. The summed E-state index contributed by atoms with van der Waals surface area (Å²) in [5.74, 6) is 0.418. The lowest BCUT2D eigenvalue weighted by molar-refractivity contribution is 0.0679. The van der Waals surface area contributed by atoms with Gasteiger partial charge >= 0.3 is 0 Å². The molecule has 0 aliphatic rings. The van der Waals surface area contributed by atoms with Gasteiger partial charge in [-0.15, -0.1) is 11.8 Å². The summed E-state index contributed by atoms with van der Waals surface area (Å²) in [6, 6.07) is 7.25. The number of aliphatic hydroxyl groups excluding tert-OH is 1. The van der Waals surface area contributed by atoms with Crippen LogP contribution in [0.2, 0.25) is 0 Å². The molecule has 0 aromatic heterocycles. The number of ether oxygens (including phenoxy) is 1. The van der Waals surface area contributed by atoms with Crippen molar-refractivity contribution in [1.29, 1.82) is 0 Å². The number of anilines is 1. The Labute approximate surface area is 123 Å². The van der Waals surface area contributed by atoms with E-state index >= 15 is 0 Å². The van der Waals surface area contributed by atoms with Gasteiger partial charge in [-0.1, -0.05) is 0 Å². The van der Waals surface area contributed by atoms with Crippen molar-refractivity contribution in [3.8, 4) is 0 Å². The standard InChI is InChI=1S/C12H20N2O4S2/c1-18-9-11(15)8-14-20(16,17)7-6-19-12-4-2-10(13)3-5-12/h2-5,11,14-15H,6-9,13H2,1H3. The fourth-order valence-electron chi connectivity index (χ4n) is 1.38. The topological polar surface area (TPSA) is 102 Å². The van der Waals surface area contributed by atoms with Crippen LogP contribution in [-0.4, -0.2) is 51.4 Å². The first kappa shape index (κ1) is 17.3. The Morgan fingerprint density at radius 1 is 1.40 bits per heavy atom. The Kier molecular flexibility index (Phi) is 7.31. The Balaban J connectivity index is 2.30. The summed E-state index contributed by atoms with van der Waals surface area (Å²) in [5, 5.41) is 9.37. The molecule has 0 saturated heterocycles. The van der Waals surface area contributed by atoms with Crippen LogP contribution in [-0.2, 0) is 14.8 Å². The molecule has 6 nitrogen and oxygen atoms in total. The van der Waals surface area contributed by atoms with Crippen LogP contribution in [0, 0.1) is 0 Å². The lowest BCUT2D eigenvalue weighted by atomic mass is 10.3. The van der Waals surface area contributed by atoms with E-state index in [0.29, 0.717) is 11.4 Å². The van der Waals surface area contributed by atoms with E-state index in [9.17, 15) is 13.5 Å². The zero-order valence-electron chi connectivity index (χ0n) is 11.3. The number of sulfonamides is 1. The first-order valence-electron chi connectivity index (χ1n) is 6.05. The van der Waals surface area contributed by atoms with E-state index in [1.165, 1.54) is 18.9 Å². The average Bonchev–Trinajstić information content (AvgIpc) is 2.39. The molecule has 0 aliphatic heterocycles. The molecule has 0 heterocycles. The minimum atomic E-state index is -3.38. The maximum Gasteiger partial charge on any atom is 0.212 e. The number of nitrogens with two attached hydrogens (primary N) is 1. The van der Waals surface area contributed by atoms with Crippen LogP contribution in [0.5, 0.6) is 0 Å². The van der Waals surface area contributed by atoms with E-state index in [0.717, 1.165) is 4.90 Å². The third-order valence-electron chi connectivity index (χ3n) is 2.40. The van der Waals surface area contributed by atoms with Crippen molar-refractivity contribution in [3.63, 3.8) is 0 Å². The summed E-state index contributed by atoms with van der Waals surface area (Å²) >= 11 is 1.44. The number of methoxy groups -OCH3 is 1. The van der Waals surface area contributed by atoms with Crippen LogP contribution in [0.15, 0.2) is 29.2 Å². The third kappa shape index (κ3) is 7.11. The zero-order chi connectivity index (χ0) is 15.0. The van der Waals surface area contributed by atoms with E-state index in [1.807, 2.05) is 12.1 Å². The van der Waals surface area contributed by atoms with Crippen LogP contribution < -0.4 is 10.5 Å². The minimum Gasteiger partial charge on any atom is -0.399 e. The fraction of sp³-hybridized carbons (Fsp3) is 0.500. The molecule has 1 aromatic carbocycles. The van der Waals surface area contributed by atoms with Gasteiger partial charge in [0.2, 0.25) is 10.0 Å². The molecule has 1 aromatic rings. The Morgan fingerprint density at radius 2 is 2.05 bits per heavy atom. The maximum atomic E-state index is 11.7. The molecular formula is C12H20N2O4S2. The highest BCUT2D eigenvalue weighted by Crippen LogP contribution is 2.19. The van der Waals surface area contributed by atoms with Crippen molar-refractivity contribution in [1.82, 2.24) is 4.72 Å². The third-order valence-corrected chi connectivity index (χ3v) is 5.02. The smallest absolute Gasteiger partial charge is 0.212 e. The second-order valence-corrected chi connectivity index (χ2v) is 7.29. The van der Waals surface area contributed by atoms with E-state index in [1.54, 1.807) is 12.1 Å². The lowest BCUT2D eigenvalue weighted by Crippen LogP contribution is -2.36. The largest absolute Gasteiger partial charge is 0.399 e. The van der Waals surface area contributed by atoms with Crippen molar-refractivity contribution in [2.45, 2.75) is 11.0 Å². The summed E-state index contributed by atoms with van der Waals surface area (Å²) in [6.45, 7) is 0.0609. The molecule has 20 heavy (non-hydrogen) atoms. The first-order valence-corrected chi connectivity index (χ1v) is 8.69. The summed E-state index contributed by atoms with van der Waals surface area (Å²) < 4.78 is 30.4. The van der Waals surface area contributed by atoms with Gasteiger partial charge in [0.25, 0.3) is 0 Å². The van der Waals surface area contributed by atoms with Crippen molar-refractivity contribution in [3.05, 3.63) is 24.3 Å². The Morgan fingerprint density at radius 3 is 2.65 bits per heavy atom. The molecule has 8 heteroatoms. The number of benzene rings is 1. The average molecular weight is 320 g/mol. The number of nitrogens with one attached hydrogen (secondary N) is 1. The Bertz CT molecular complexity index is 491. The summed E-state index contributed by atoms with van der Waals surface area (Å²) in [6.07, 6.45) is -0.834. The number of nitrogen functional groups attached to an aromatic ring is 1. The molecule has 0 aliphatic carbocycles. The van der Waals surface area contributed by atoms with E-state index in [2.05, 4.69) is 4.72 Å². The van der Waals surface area contributed by atoms with Gasteiger partial charge in [-0.3, -0.25) is 0 Å². The highest BCUT2D eigenvalue weighted by atomic mass is 32.2. The van der Waals surface area contributed by atoms with Gasteiger partial charge in [-0.2, -0.15) is 0 Å². The van der Waals surface area contributed by atoms with Gasteiger partial charge in [0.05, 0.1) is 18.5 Å². The molecule has 0 spiro atoms. The fourth-order valence-corrected chi connectivity index (χ4v) is 3.75. The second-order valence-electron chi connectivity index (χ2n) is 4.19. The molecule has 4 N–H and O–H groups in total. The minimum absolute atomic E-state index is 0.0122. The molecule has 114 valence electrons. The number of aliphatic hydroxyl groups is 1. The SMILES string of the molecule is COCC(O)CNS(=O)(=O)CCSc1ccc(N)cc1. The zero-order valence-corrected chi connectivity index (χ0v) is 12.9. The number of rotatable bonds is 9. The summed E-state index contributed by atoms with van der Waals surface area (Å²) in [5.41, 5.74) is 6.24. The predicted octanol–water partition coefficient (Wildman–Crippen LogP) is 0.288. The van der Waals surface area contributed by atoms with Crippen molar-refractivity contribution < 1.29 is 18.3 Å². The summed E-state index contributed by atoms with van der Waals surface area (Å²) in [7, 11) is -1.94. The monoisotopic (exact) mass is 320 g/mol. The van der Waals surface area contributed by atoms with Crippen molar-refractivity contribution >= 4 is 27.5 Å². The van der Waals surface area contributed by atoms with Gasteiger partial charge in [0.15, 0.2) is 0 Å². The highest BCUT2D eigenvalue weighted by Gasteiger charge is 2.12. The molecule has 0 saturated carbocycles. The predicted molar refractivity (Wildman–Crippen MR) is 81.3 cm³/mol. The maximum absolute atomic E-state index is 11.7. The lowest BCUT2D eigenvalue weighted by Gasteiger charge is -2.11. The number of hydrogen-bond donors (Lipinski definition) is 3. The number of thioether (sulfide) groups is 1. The van der Waals surface area contributed by atoms with Crippen LogP contribution in [0.4, 0.5) is 5.69 Å². The van der Waals surface area contributed by atoms with Crippen LogP contribution >= 0.6 is 11.8 Å². The second kappa shape index (κ2) is 8.48. The van der Waals surface area contributed by atoms with E-state index in [-0.39, 0.29) is 18.9 Å². The van der Waals surface area contributed by atoms with E-state index in [4.69, 9.17) is 10.5 Å². The molecule has 0 amide bonds. The van der Waals surface area contributed by atoms with Crippen molar-refractivity contribution in [2.24, 2.45) is 0 Å².